The fourth-order valence-electron chi connectivity index (χ4n) is 7.21. The molecule has 5 unspecified atom stereocenters. The molecule has 0 bridgehead atoms. The summed E-state index contributed by atoms with van der Waals surface area (Å²) in [6.45, 7) is 10.9. The van der Waals surface area contributed by atoms with Crippen LogP contribution in [-0.2, 0) is 4.79 Å². The molecule has 0 radical (unpaired) electrons. The van der Waals surface area contributed by atoms with Crippen LogP contribution in [0.5, 0.6) is 0 Å². The summed E-state index contributed by atoms with van der Waals surface area (Å²) >= 11 is 0. The fourth-order valence-corrected chi connectivity index (χ4v) is 7.21. The number of H-pyrrole nitrogens is 1. The first-order valence-electron chi connectivity index (χ1n) is 15.6. The van der Waals surface area contributed by atoms with Crippen molar-refractivity contribution in [2.45, 2.75) is 78.4 Å². The SMILES string of the molecule is Cc1ccc(-c2[nH]c3ccccc3c2C2c3ccccc3C(=O)N2C(CC(C)C)C(=O)NC2CCCC(C)C2C)cc1. The highest BCUT2D eigenvalue weighted by Crippen LogP contribution is 2.47. The molecule has 1 aliphatic carbocycles. The Morgan fingerprint density at radius 1 is 0.976 bits per heavy atom. The van der Waals surface area contributed by atoms with E-state index in [2.05, 4.69) is 93.5 Å². The molecule has 5 nitrogen and oxygen atoms in total. The molecular weight excluding hydrogens is 518 g/mol. The van der Waals surface area contributed by atoms with E-state index < -0.39 is 12.1 Å². The summed E-state index contributed by atoms with van der Waals surface area (Å²) in [5, 5.41) is 4.52. The van der Waals surface area contributed by atoms with Crippen LogP contribution in [0.2, 0.25) is 0 Å². The van der Waals surface area contributed by atoms with Gasteiger partial charge in [-0.2, -0.15) is 0 Å². The minimum absolute atomic E-state index is 0.0301. The molecule has 3 aromatic carbocycles. The smallest absolute Gasteiger partial charge is 0.255 e. The van der Waals surface area contributed by atoms with Crippen molar-refractivity contribution in [3.63, 3.8) is 0 Å². The number of rotatable bonds is 7. The van der Waals surface area contributed by atoms with Gasteiger partial charge in [0, 0.05) is 28.1 Å². The van der Waals surface area contributed by atoms with Gasteiger partial charge in [0.25, 0.3) is 5.91 Å². The zero-order chi connectivity index (χ0) is 29.5. The predicted molar refractivity (Wildman–Crippen MR) is 170 cm³/mol. The molecule has 5 atom stereocenters. The summed E-state index contributed by atoms with van der Waals surface area (Å²) in [5.41, 5.74) is 6.97. The summed E-state index contributed by atoms with van der Waals surface area (Å²) < 4.78 is 0. The molecule has 1 aliphatic heterocycles. The van der Waals surface area contributed by atoms with Crippen molar-refractivity contribution in [1.82, 2.24) is 15.2 Å². The third kappa shape index (κ3) is 5.04. The number of aryl methyl sites for hydroxylation is 1. The minimum atomic E-state index is -0.584. The van der Waals surface area contributed by atoms with Crippen LogP contribution in [0.15, 0.2) is 72.8 Å². The number of hydrogen-bond donors (Lipinski definition) is 2. The quantitative estimate of drug-likeness (QED) is 0.240. The third-order valence-electron chi connectivity index (χ3n) is 9.73. The topological polar surface area (TPSA) is 65.2 Å². The number of aromatic amines is 1. The Hall–Kier alpha value is -3.86. The van der Waals surface area contributed by atoms with Crippen molar-refractivity contribution in [1.29, 1.82) is 0 Å². The minimum Gasteiger partial charge on any atom is -0.354 e. The molecule has 2 N–H and O–H groups in total. The molecule has 2 aliphatic rings. The first kappa shape index (κ1) is 28.3. The molecule has 1 aromatic heterocycles. The van der Waals surface area contributed by atoms with Crippen molar-refractivity contribution in [2.75, 3.05) is 0 Å². The van der Waals surface area contributed by atoms with Gasteiger partial charge in [0.1, 0.15) is 6.04 Å². The van der Waals surface area contributed by atoms with Crippen molar-refractivity contribution in [3.05, 3.63) is 95.1 Å². The Labute approximate surface area is 249 Å². The van der Waals surface area contributed by atoms with E-state index in [1.807, 2.05) is 29.2 Å². The monoisotopic (exact) mass is 561 g/mol. The molecule has 218 valence electrons. The molecule has 2 heterocycles. The van der Waals surface area contributed by atoms with Crippen molar-refractivity contribution in [3.8, 4) is 11.3 Å². The number of hydrogen-bond acceptors (Lipinski definition) is 2. The maximum absolute atomic E-state index is 14.4. The number of carbonyl (C=O) groups is 2. The lowest BCUT2D eigenvalue weighted by Gasteiger charge is -2.38. The molecule has 0 saturated heterocycles. The summed E-state index contributed by atoms with van der Waals surface area (Å²) in [5.74, 6) is 1.12. The van der Waals surface area contributed by atoms with E-state index in [1.165, 1.54) is 12.0 Å². The van der Waals surface area contributed by atoms with Gasteiger partial charge in [-0.1, -0.05) is 107 Å². The Balaban J connectivity index is 1.51. The number of para-hydroxylation sites is 1. The van der Waals surface area contributed by atoms with Gasteiger partial charge in [-0.25, -0.2) is 0 Å². The van der Waals surface area contributed by atoms with Gasteiger partial charge in [-0.3, -0.25) is 9.59 Å². The second-order valence-electron chi connectivity index (χ2n) is 13.1. The first-order chi connectivity index (χ1) is 20.2. The molecule has 0 spiro atoms. The standard InChI is InChI=1S/C37H43N3O2/c1-22(2)21-32(36(41)39-30-16-10-11-24(4)25(30)5)40-35(27-12-6-7-13-28(27)37(40)42)33-29-14-8-9-15-31(29)38-34(33)26-19-17-23(3)18-20-26/h6-9,12-15,17-20,22,24-25,30,32,35,38H,10-11,16,21H2,1-5H3,(H,39,41). The van der Waals surface area contributed by atoms with E-state index in [1.54, 1.807) is 0 Å². The first-order valence-corrected chi connectivity index (χ1v) is 15.6. The summed E-state index contributed by atoms with van der Waals surface area (Å²) in [6.07, 6.45) is 3.91. The zero-order valence-electron chi connectivity index (χ0n) is 25.5. The van der Waals surface area contributed by atoms with E-state index in [4.69, 9.17) is 0 Å². The second kappa shape index (κ2) is 11.4. The van der Waals surface area contributed by atoms with Crippen LogP contribution in [-0.4, -0.2) is 33.8 Å². The lowest BCUT2D eigenvalue weighted by Crippen LogP contribution is -2.54. The highest BCUT2D eigenvalue weighted by Gasteiger charge is 2.46. The van der Waals surface area contributed by atoms with Crippen LogP contribution in [0.3, 0.4) is 0 Å². The highest BCUT2D eigenvalue weighted by atomic mass is 16.2. The van der Waals surface area contributed by atoms with Crippen molar-refractivity contribution < 1.29 is 9.59 Å². The molecule has 42 heavy (non-hydrogen) atoms. The van der Waals surface area contributed by atoms with Gasteiger partial charge in [-0.05, 0) is 60.8 Å². The largest absolute Gasteiger partial charge is 0.354 e. The Morgan fingerprint density at radius 3 is 2.45 bits per heavy atom. The zero-order valence-corrected chi connectivity index (χ0v) is 25.5. The molecule has 6 rings (SSSR count). The van der Waals surface area contributed by atoms with Crippen LogP contribution < -0.4 is 5.32 Å². The Bertz CT molecular complexity index is 1600. The van der Waals surface area contributed by atoms with Gasteiger partial charge < -0.3 is 15.2 Å². The molecular formula is C37H43N3O2. The molecule has 5 heteroatoms. The van der Waals surface area contributed by atoms with Crippen LogP contribution in [0.4, 0.5) is 0 Å². The fraction of sp³-hybridized carbons (Fsp3) is 0.405. The number of benzene rings is 3. The van der Waals surface area contributed by atoms with E-state index in [0.29, 0.717) is 23.8 Å². The van der Waals surface area contributed by atoms with Gasteiger partial charge in [0.15, 0.2) is 0 Å². The Morgan fingerprint density at radius 2 is 1.69 bits per heavy atom. The lowest BCUT2D eigenvalue weighted by atomic mass is 9.78. The average molecular weight is 562 g/mol. The van der Waals surface area contributed by atoms with Crippen LogP contribution in [0.25, 0.3) is 22.2 Å². The summed E-state index contributed by atoms with van der Waals surface area (Å²) in [7, 11) is 0. The number of nitrogens with one attached hydrogen (secondary N) is 2. The number of aromatic nitrogens is 1. The lowest BCUT2D eigenvalue weighted by molar-refractivity contribution is -0.128. The molecule has 1 fully saturated rings. The summed E-state index contributed by atoms with van der Waals surface area (Å²) in [6, 6.07) is 23.9. The Kier molecular flexibility index (Phi) is 7.69. The van der Waals surface area contributed by atoms with Crippen molar-refractivity contribution >= 4 is 22.7 Å². The molecule has 2 amide bonds. The van der Waals surface area contributed by atoms with E-state index in [-0.39, 0.29) is 23.8 Å². The van der Waals surface area contributed by atoms with Crippen LogP contribution in [0.1, 0.15) is 86.5 Å². The predicted octanol–water partition coefficient (Wildman–Crippen LogP) is 8.04. The average Bonchev–Trinajstić information content (AvgIpc) is 3.49. The van der Waals surface area contributed by atoms with E-state index in [0.717, 1.165) is 46.1 Å². The van der Waals surface area contributed by atoms with E-state index in [9.17, 15) is 9.59 Å². The third-order valence-corrected chi connectivity index (χ3v) is 9.73. The van der Waals surface area contributed by atoms with Gasteiger partial charge in [0.2, 0.25) is 5.91 Å². The number of nitrogens with zero attached hydrogens (tertiary/aromatic N) is 1. The number of carbonyl (C=O) groups excluding carboxylic acids is 2. The van der Waals surface area contributed by atoms with Gasteiger partial charge in [-0.15, -0.1) is 0 Å². The van der Waals surface area contributed by atoms with Crippen LogP contribution in [0, 0.1) is 24.7 Å². The van der Waals surface area contributed by atoms with Crippen molar-refractivity contribution in [2.24, 2.45) is 17.8 Å². The highest BCUT2D eigenvalue weighted by molar-refractivity contribution is 6.04. The summed E-state index contributed by atoms with van der Waals surface area (Å²) in [4.78, 5) is 34.3. The van der Waals surface area contributed by atoms with Gasteiger partial charge in [0.05, 0.1) is 11.7 Å². The number of amides is 2. The normalized spacial score (nSPS) is 22.9. The van der Waals surface area contributed by atoms with E-state index >= 15 is 0 Å². The molecule has 1 saturated carbocycles. The second-order valence-corrected chi connectivity index (χ2v) is 13.1. The number of fused-ring (bicyclic) bond motifs is 2. The van der Waals surface area contributed by atoms with Gasteiger partial charge >= 0.3 is 0 Å². The maximum Gasteiger partial charge on any atom is 0.255 e. The maximum atomic E-state index is 14.4. The van der Waals surface area contributed by atoms with Crippen LogP contribution >= 0.6 is 0 Å². The molecule has 4 aromatic rings.